The third kappa shape index (κ3) is 1.06. The molecule has 1 aliphatic carbocycles. The maximum atomic E-state index is 11.6. The van der Waals surface area contributed by atoms with Crippen molar-refractivity contribution < 1.29 is 9.95 Å². The van der Waals surface area contributed by atoms with E-state index in [1.54, 1.807) is 0 Å². The zero-order valence-corrected chi connectivity index (χ0v) is 7.42. The van der Waals surface area contributed by atoms with Crippen LogP contribution in [0.25, 0.3) is 0 Å². The highest BCUT2D eigenvalue weighted by Crippen LogP contribution is 2.21. The summed E-state index contributed by atoms with van der Waals surface area (Å²) in [6, 6.07) is -0.470. The van der Waals surface area contributed by atoms with E-state index >= 15 is 0 Å². The van der Waals surface area contributed by atoms with Crippen molar-refractivity contribution in [3.63, 3.8) is 0 Å². The molecule has 2 unspecified atom stereocenters. The molecule has 1 N–H and O–H groups in total. The highest BCUT2D eigenvalue weighted by molar-refractivity contribution is 5.78. The summed E-state index contributed by atoms with van der Waals surface area (Å²) in [7, 11) is 0. The van der Waals surface area contributed by atoms with Gasteiger partial charge in [0.15, 0.2) is 12.1 Å². The van der Waals surface area contributed by atoms with Gasteiger partial charge in [-0.15, -0.1) is 5.06 Å². The van der Waals surface area contributed by atoms with Crippen LogP contribution in [0.1, 0.15) is 13.3 Å². The van der Waals surface area contributed by atoms with Gasteiger partial charge in [-0.05, 0) is 12.2 Å². The molecule has 0 aromatic rings. The molecule has 4 heteroatoms. The van der Waals surface area contributed by atoms with Crippen LogP contribution in [0.15, 0.2) is 24.3 Å². The smallest absolute Gasteiger partial charge is 0.281 e. The second kappa shape index (κ2) is 2.88. The number of allylic oxidation sites excluding steroid dienone is 2. The van der Waals surface area contributed by atoms with Gasteiger partial charge in [0.05, 0.1) is 0 Å². The molecular formula is C9H12N2O2. The zero-order valence-electron chi connectivity index (χ0n) is 7.42. The summed E-state index contributed by atoms with van der Waals surface area (Å²) in [6.07, 6.45) is 7.87. The van der Waals surface area contributed by atoms with Gasteiger partial charge >= 0.3 is 0 Å². The molecule has 1 heterocycles. The molecule has 70 valence electrons. The van der Waals surface area contributed by atoms with Crippen molar-refractivity contribution in [2.45, 2.75) is 25.4 Å². The molecule has 0 aromatic carbocycles. The first-order valence-corrected chi connectivity index (χ1v) is 4.41. The van der Waals surface area contributed by atoms with E-state index in [9.17, 15) is 10.4 Å². The Hall–Kier alpha value is -1.29. The average Bonchev–Trinajstić information content (AvgIpc) is 2.41. The first-order chi connectivity index (χ1) is 6.25. The van der Waals surface area contributed by atoms with Gasteiger partial charge in [0.25, 0.3) is 5.84 Å². The lowest BCUT2D eigenvalue weighted by Gasteiger charge is -2.16. The monoisotopic (exact) mass is 180 g/mol. The summed E-state index contributed by atoms with van der Waals surface area (Å²) in [4.78, 5) is 0. The Kier molecular flexibility index (Phi) is 1.84. The minimum atomic E-state index is -0.259. The Labute approximate surface area is 76.6 Å². The molecule has 2 aliphatic rings. The van der Waals surface area contributed by atoms with Crippen molar-refractivity contribution in [2.75, 3.05) is 0 Å². The van der Waals surface area contributed by atoms with Crippen LogP contribution < -0.4 is 0 Å². The van der Waals surface area contributed by atoms with Crippen LogP contribution in [0, 0.1) is 5.21 Å². The fraction of sp³-hybridized carbons (Fsp3) is 0.444. The van der Waals surface area contributed by atoms with E-state index in [1.165, 1.54) is 0 Å². The second-order valence-electron chi connectivity index (χ2n) is 3.19. The van der Waals surface area contributed by atoms with E-state index in [0.717, 1.165) is 9.80 Å². The molecule has 1 aliphatic heterocycles. The van der Waals surface area contributed by atoms with Crippen LogP contribution >= 0.6 is 0 Å². The molecule has 13 heavy (non-hydrogen) atoms. The quantitative estimate of drug-likeness (QED) is 0.481. The molecule has 0 amide bonds. The molecule has 0 aromatic heterocycles. The topological polar surface area (TPSA) is 49.5 Å². The van der Waals surface area contributed by atoms with Crippen LogP contribution in [-0.4, -0.2) is 32.9 Å². The van der Waals surface area contributed by atoms with Gasteiger partial charge in [0.2, 0.25) is 0 Å². The van der Waals surface area contributed by atoms with E-state index in [0.29, 0.717) is 12.3 Å². The van der Waals surface area contributed by atoms with Crippen LogP contribution in [-0.2, 0) is 0 Å². The molecule has 2 rings (SSSR count). The minimum absolute atomic E-state index is 0.211. The zero-order chi connectivity index (χ0) is 9.42. The number of hydroxylamine groups is 3. The van der Waals surface area contributed by atoms with Crippen molar-refractivity contribution in [1.29, 1.82) is 0 Å². The standard InChI is InChI=1S/C9H12N2O2/c1-2-9-10(12)7-5-3-4-6-8(7)11(9)13/h3-8,12H,2H2,1H3. The normalized spacial score (nSPS) is 31.4. The molecular weight excluding hydrogens is 168 g/mol. The van der Waals surface area contributed by atoms with Crippen molar-refractivity contribution in [3.05, 3.63) is 29.5 Å². The number of hydrogen-bond donors (Lipinski definition) is 1. The number of rotatable bonds is 1. The van der Waals surface area contributed by atoms with Gasteiger partial charge in [-0.25, -0.2) is 5.21 Å². The van der Waals surface area contributed by atoms with Crippen molar-refractivity contribution in [1.82, 2.24) is 5.06 Å². The van der Waals surface area contributed by atoms with Gasteiger partial charge in [-0.2, -0.15) is 0 Å². The van der Waals surface area contributed by atoms with Crippen molar-refractivity contribution >= 4 is 5.84 Å². The number of fused-ring (bicyclic) bond motifs is 1. The highest BCUT2D eigenvalue weighted by atomic mass is 16.5. The summed E-state index contributed by atoms with van der Waals surface area (Å²) >= 11 is 0. The molecule has 0 bridgehead atoms. The number of amidine groups is 1. The fourth-order valence-electron chi connectivity index (χ4n) is 1.79. The first-order valence-electron chi connectivity index (χ1n) is 4.41. The van der Waals surface area contributed by atoms with Gasteiger partial charge in [-0.3, -0.25) is 4.74 Å². The minimum Gasteiger partial charge on any atom is -0.715 e. The Bertz CT molecular complexity index is 307. The molecule has 2 atom stereocenters. The Morgan fingerprint density at radius 3 is 2.85 bits per heavy atom. The van der Waals surface area contributed by atoms with Crippen LogP contribution in [0.3, 0.4) is 0 Å². The molecule has 0 fully saturated rings. The molecule has 0 saturated carbocycles. The maximum absolute atomic E-state index is 11.6. The lowest BCUT2D eigenvalue weighted by Crippen LogP contribution is -2.36. The van der Waals surface area contributed by atoms with Crippen LogP contribution in [0.5, 0.6) is 0 Å². The molecule has 0 radical (unpaired) electrons. The maximum Gasteiger partial charge on any atom is 0.281 e. The van der Waals surface area contributed by atoms with E-state index in [4.69, 9.17) is 0 Å². The SMILES string of the molecule is CCC1=[N+]([O-])C2C=CC=CC2N1O. The predicted octanol–water partition coefficient (Wildman–Crippen LogP) is 0.873. The Balaban J connectivity index is 2.36. The fourth-order valence-corrected chi connectivity index (χ4v) is 1.79. The Morgan fingerprint density at radius 1 is 1.54 bits per heavy atom. The molecule has 0 saturated heterocycles. The van der Waals surface area contributed by atoms with Gasteiger partial charge in [0, 0.05) is 6.42 Å². The van der Waals surface area contributed by atoms with Gasteiger partial charge in [0.1, 0.15) is 0 Å². The lowest BCUT2D eigenvalue weighted by molar-refractivity contribution is -0.480. The number of hydrogen-bond acceptors (Lipinski definition) is 3. The third-order valence-corrected chi connectivity index (χ3v) is 2.47. The van der Waals surface area contributed by atoms with Crippen molar-refractivity contribution in [2.24, 2.45) is 0 Å². The first kappa shape index (κ1) is 8.31. The molecule has 4 nitrogen and oxygen atoms in total. The van der Waals surface area contributed by atoms with E-state index < -0.39 is 0 Å². The van der Waals surface area contributed by atoms with E-state index in [1.807, 2.05) is 31.2 Å². The second-order valence-corrected chi connectivity index (χ2v) is 3.19. The number of nitrogens with zero attached hydrogens (tertiary/aromatic N) is 2. The highest BCUT2D eigenvalue weighted by Gasteiger charge is 2.42. The lowest BCUT2D eigenvalue weighted by atomic mass is 10.1. The summed E-state index contributed by atoms with van der Waals surface area (Å²) in [5.74, 6) is 0.436. The summed E-state index contributed by atoms with van der Waals surface area (Å²) in [5.41, 5.74) is 0. The summed E-state index contributed by atoms with van der Waals surface area (Å²) in [5, 5.41) is 22.3. The van der Waals surface area contributed by atoms with Gasteiger partial charge in [-0.1, -0.05) is 19.1 Å². The third-order valence-electron chi connectivity index (χ3n) is 2.47. The van der Waals surface area contributed by atoms with E-state index in [-0.39, 0.29) is 12.1 Å². The summed E-state index contributed by atoms with van der Waals surface area (Å²) in [6.45, 7) is 1.86. The van der Waals surface area contributed by atoms with E-state index in [2.05, 4.69) is 0 Å². The van der Waals surface area contributed by atoms with Crippen LogP contribution in [0.4, 0.5) is 0 Å². The average molecular weight is 180 g/mol. The summed E-state index contributed by atoms with van der Waals surface area (Å²) < 4.78 is 0.880. The Morgan fingerprint density at radius 2 is 2.23 bits per heavy atom. The largest absolute Gasteiger partial charge is 0.715 e. The van der Waals surface area contributed by atoms with Crippen molar-refractivity contribution in [3.8, 4) is 0 Å². The predicted molar refractivity (Wildman–Crippen MR) is 48.4 cm³/mol. The van der Waals surface area contributed by atoms with Gasteiger partial charge < -0.3 is 5.21 Å². The molecule has 0 spiro atoms. The van der Waals surface area contributed by atoms with Crippen LogP contribution in [0.2, 0.25) is 0 Å².